The third kappa shape index (κ3) is 3.55. The average molecular weight is 278 g/mol. The lowest BCUT2D eigenvalue weighted by atomic mass is 10.1. The second kappa shape index (κ2) is 5.85. The van der Waals surface area contributed by atoms with E-state index in [2.05, 4.69) is 5.32 Å². The predicted molar refractivity (Wildman–Crippen MR) is 73.7 cm³/mol. The third-order valence-corrected chi connectivity index (χ3v) is 3.04. The fourth-order valence-corrected chi connectivity index (χ4v) is 1.93. The third-order valence-electron chi connectivity index (χ3n) is 2.80. The van der Waals surface area contributed by atoms with Crippen LogP contribution in [0.25, 0.3) is 0 Å². The summed E-state index contributed by atoms with van der Waals surface area (Å²) in [5.41, 5.74) is 1.35. The summed E-state index contributed by atoms with van der Waals surface area (Å²) in [5, 5.41) is 3.35. The Balaban J connectivity index is 2.08. The van der Waals surface area contributed by atoms with Crippen molar-refractivity contribution < 1.29 is 9.18 Å². The smallest absolute Gasteiger partial charge is 0.251 e. The van der Waals surface area contributed by atoms with Crippen LogP contribution in [0.2, 0.25) is 5.02 Å². The van der Waals surface area contributed by atoms with Crippen LogP contribution in [-0.4, -0.2) is 5.91 Å². The van der Waals surface area contributed by atoms with Gasteiger partial charge in [0.15, 0.2) is 0 Å². The fourth-order valence-electron chi connectivity index (χ4n) is 1.74. The number of carbonyl (C=O) groups is 1. The molecule has 1 unspecified atom stereocenters. The number of nitrogens with one attached hydrogen (secondary N) is 1. The standard InChI is InChI=1S/C15H13ClFNO/c1-10(11-5-7-14(17)8-6-11)18-15(19)12-3-2-4-13(16)9-12/h2-10H,1H3,(H,18,19). The van der Waals surface area contributed by atoms with Gasteiger partial charge in [-0.15, -0.1) is 0 Å². The van der Waals surface area contributed by atoms with Gasteiger partial charge in [0.1, 0.15) is 5.82 Å². The quantitative estimate of drug-likeness (QED) is 0.904. The first-order valence-corrected chi connectivity index (χ1v) is 6.26. The maximum atomic E-state index is 12.8. The number of hydrogen-bond acceptors (Lipinski definition) is 1. The molecule has 2 nitrogen and oxygen atoms in total. The molecule has 0 radical (unpaired) electrons. The molecule has 0 fully saturated rings. The van der Waals surface area contributed by atoms with Gasteiger partial charge in [-0.25, -0.2) is 4.39 Å². The summed E-state index contributed by atoms with van der Waals surface area (Å²) in [7, 11) is 0. The van der Waals surface area contributed by atoms with E-state index in [0.29, 0.717) is 10.6 Å². The Kier molecular flexibility index (Phi) is 4.17. The molecule has 98 valence electrons. The summed E-state index contributed by atoms with van der Waals surface area (Å²) < 4.78 is 12.8. The van der Waals surface area contributed by atoms with E-state index in [9.17, 15) is 9.18 Å². The van der Waals surface area contributed by atoms with Crippen molar-refractivity contribution in [2.45, 2.75) is 13.0 Å². The van der Waals surface area contributed by atoms with Crippen LogP contribution in [0.15, 0.2) is 48.5 Å². The van der Waals surface area contributed by atoms with Crippen molar-refractivity contribution in [3.8, 4) is 0 Å². The SMILES string of the molecule is CC(NC(=O)c1cccc(Cl)c1)c1ccc(F)cc1. The van der Waals surface area contributed by atoms with Gasteiger partial charge < -0.3 is 5.32 Å². The lowest BCUT2D eigenvalue weighted by Crippen LogP contribution is -2.26. The molecule has 0 spiro atoms. The van der Waals surface area contributed by atoms with Gasteiger partial charge in [0, 0.05) is 10.6 Å². The van der Waals surface area contributed by atoms with Crippen molar-refractivity contribution in [2.24, 2.45) is 0 Å². The van der Waals surface area contributed by atoms with Gasteiger partial charge in [0.2, 0.25) is 0 Å². The van der Waals surface area contributed by atoms with Crippen LogP contribution in [0.3, 0.4) is 0 Å². The van der Waals surface area contributed by atoms with Gasteiger partial charge in [0.25, 0.3) is 5.91 Å². The van der Waals surface area contributed by atoms with Gasteiger partial charge in [-0.2, -0.15) is 0 Å². The molecule has 2 aromatic carbocycles. The van der Waals surface area contributed by atoms with Gasteiger partial charge in [-0.1, -0.05) is 29.8 Å². The number of carbonyl (C=O) groups excluding carboxylic acids is 1. The molecule has 0 aliphatic heterocycles. The van der Waals surface area contributed by atoms with Gasteiger partial charge >= 0.3 is 0 Å². The van der Waals surface area contributed by atoms with Crippen LogP contribution < -0.4 is 5.32 Å². The molecular weight excluding hydrogens is 265 g/mol. The molecule has 0 saturated carbocycles. The first-order chi connectivity index (χ1) is 9.06. The highest BCUT2D eigenvalue weighted by Crippen LogP contribution is 2.15. The zero-order valence-corrected chi connectivity index (χ0v) is 11.1. The topological polar surface area (TPSA) is 29.1 Å². The number of halogens is 2. The van der Waals surface area contributed by atoms with Crippen molar-refractivity contribution in [1.82, 2.24) is 5.32 Å². The lowest BCUT2D eigenvalue weighted by Gasteiger charge is -2.14. The first-order valence-electron chi connectivity index (χ1n) is 5.88. The Morgan fingerprint density at radius 3 is 2.53 bits per heavy atom. The zero-order chi connectivity index (χ0) is 13.8. The molecule has 0 bridgehead atoms. The minimum Gasteiger partial charge on any atom is -0.346 e. The summed E-state index contributed by atoms with van der Waals surface area (Å²) in [5.74, 6) is -0.503. The summed E-state index contributed by atoms with van der Waals surface area (Å²) >= 11 is 5.84. The van der Waals surface area contributed by atoms with Crippen LogP contribution >= 0.6 is 11.6 Å². The zero-order valence-electron chi connectivity index (χ0n) is 10.4. The molecule has 0 aliphatic rings. The van der Waals surface area contributed by atoms with E-state index < -0.39 is 0 Å². The minimum absolute atomic E-state index is 0.202. The highest BCUT2D eigenvalue weighted by Gasteiger charge is 2.11. The Hall–Kier alpha value is -1.87. The molecule has 1 N–H and O–H groups in total. The predicted octanol–water partition coefficient (Wildman–Crippen LogP) is 3.97. The molecular formula is C15H13ClFNO. The molecule has 2 rings (SSSR count). The average Bonchev–Trinajstić information content (AvgIpc) is 2.39. The number of rotatable bonds is 3. The molecule has 0 heterocycles. The minimum atomic E-state index is -0.294. The maximum Gasteiger partial charge on any atom is 0.251 e. The van der Waals surface area contributed by atoms with Crippen LogP contribution in [0.1, 0.15) is 28.9 Å². The maximum absolute atomic E-state index is 12.8. The molecule has 0 saturated heterocycles. The van der Waals surface area contributed by atoms with Crippen LogP contribution in [0.4, 0.5) is 4.39 Å². The summed E-state index contributed by atoms with van der Waals surface area (Å²) in [6, 6.07) is 12.6. The highest BCUT2D eigenvalue weighted by molar-refractivity contribution is 6.30. The largest absolute Gasteiger partial charge is 0.346 e. The normalized spacial score (nSPS) is 11.9. The van der Waals surface area contributed by atoms with E-state index in [0.717, 1.165) is 5.56 Å². The van der Waals surface area contributed by atoms with Crippen molar-refractivity contribution in [1.29, 1.82) is 0 Å². The van der Waals surface area contributed by atoms with E-state index in [1.54, 1.807) is 36.4 Å². The van der Waals surface area contributed by atoms with Crippen molar-refractivity contribution in [3.63, 3.8) is 0 Å². The van der Waals surface area contributed by atoms with Gasteiger partial charge in [0.05, 0.1) is 6.04 Å². The van der Waals surface area contributed by atoms with Crippen LogP contribution in [0, 0.1) is 5.82 Å². The van der Waals surface area contributed by atoms with Crippen molar-refractivity contribution in [3.05, 3.63) is 70.5 Å². The fraction of sp³-hybridized carbons (Fsp3) is 0.133. The van der Waals surface area contributed by atoms with E-state index >= 15 is 0 Å². The molecule has 2 aromatic rings. The lowest BCUT2D eigenvalue weighted by molar-refractivity contribution is 0.0940. The van der Waals surface area contributed by atoms with Crippen molar-refractivity contribution in [2.75, 3.05) is 0 Å². The van der Waals surface area contributed by atoms with E-state index in [-0.39, 0.29) is 17.8 Å². The molecule has 0 aliphatic carbocycles. The summed E-state index contributed by atoms with van der Waals surface area (Å²) in [6.07, 6.45) is 0. The molecule has 1 amide bonds. The molecule has 1 atom stereocenters. The number of amides is 1. The molecule has 19 heavy (non-hydrogen) atoms. The summed E-state index contributed by atoms with van der Waals surface area (Å²) in [6.45, 7) is 1.84. The second-order valence-electron chi connectivity index (χ2n) is 4.26. The van der Waals surface area contributed by atoms with Crippen LogP contribution in [-0.2, 0) is 0 Å². The Morgan fingerprint density at radius 2 is 1.89 bits per heavy atom. The highest BCUT2D eigenvalue weighted by atomic mass is 35.5. The van der Waals surface area contributed by atoms with E-state index in [4.69, 9.17) is 11.6 Å². The monoisotopic (exact) mass is 277 g/mol. The van der Waals surface area contributed by atoms with Gasteiger partial charge in [-0.3, -0.25) is 4.79 Å². The van der Waals surface area contributed by atoms with Crippen LogP contribution in [0.5, 0.6) is 0 Å². The Morgan fingerprint density at radius 1 is 1.21 bits per heavy atom. The number of benzene rings is 2. The first kappa shape index (κ1) is 13.6. The van der Waals surface area contributed by atoms with E-state index in [1.807, 2.05) is 6.92 Å². The summed E-state index contributed by atoms with van der Waals surface area (Å²) in [4.78, 5) is 12.0. The Bertz CT molecular complexity index is 583. The number of hydrogen-bond donors (Lipinski definition) is 1. The molecule has 0 aromatic heterocycles. The molecule has 4 heteroatoms. The Labute approximate surface area is 116 Å². The van der Waals surface area contributed by atoms with E-state index in [1.165, 1.54) is 12.1 Å². The van der Waals surface area contributed by atoms with Gasteiger partial charge in [-0.05, 0) is 42.8 Å². The second-order valence-corrected chi connectivity index (χ2v) is 4.69. The van der Waals surface area contributed by atoms with Crippen molar-refractivity contribution >= 4 is 17.5 Å².